The summed E-state index contributed by atoms with van der Waals surface area (Å²) in [6.07, 6.45) is -4.79. The van der Waals surface area contributed by atoms with Crippen LogP contribution in [0.25, 0.3) is 0 Å². The normalized spacial score (nSPS) is 11.3. The van der Waals surface area contributed by atoms with Gasteiger partial charge >= 0.3 is 12.1 Å². The van der Waals surface area contributed by atoms with E-state index in [1.807, 2.05) is 0 Å². The molecule has 1 rings (SSSR count). The third kappa shape index (κ3) is 2.71. The van der Waals surface area contributed by atoms with Gasteiger partial charge in [0.05, 0.1) is 17.7 Å². The highest BCUT2D eigenvalue weighted by Crippen LogP contribution is 2.32. The van der Waals surface area contributed by atoms with Crippen LogP contribution in [0, 0.1) is 5.82 Å². The Bertz CT molecular complexity index is 398. The van der Waals surface area contributed by atoms with Crippen LogP contribution in [0.4, 0.5) is 17.6 Å². The molecule has 0 saturated carbocycles. The van der Waals surface area contributed by atoms with E-state index in [4.69, 9.17) is 0 Å². The fourth-order valence-corrected chi connectivity index (χ4v) is 1.14. The zero-order valence-corrected chi connectivity index (χ0v) is 8.27. The van der Waals surface area contributed by atoms with Crippen LogP contribution < -0.4 is 0 Å². The van der Waals surface area contributed by atoms with Crippen molar-refractivity contribution >= 4 is 5.97 Å². The molecule has 16 heavy (non-hydrogen) atoms. The number of alkyl halides is 3. The Hall–Kier alpha value is -1.59. The van der Waals surface area contributed by atoms with Gasteiger partial charge in [0.15, 0.2) is 0 Å². The van der Waals surface area contributed by atoms with Gasteiger partial charge < -0.3 is 4.74 Å². The number of halogens is 4. The van der Waals surface area contributed by atoms with Gasteiger partial charge in [0.2, 0.25) is 0 Å². The highest BCUT2D eigenvalue weighted by atomic mass is 19.4. The minimum absolute atomic E-state index is 0.0481. The van der Waals surface area contributed by atoms with Crippen molar-refractivity contribution < 1.29 is 27.1 Å². The summed E-state index contributed by atoms with van der Waals surface area (Å²) in [6.45, 7) is 1.42. The molecule has 0 aliphatic rings. The predicted molar refractivity (Wildman–Crippen MR) is 47.4 cm³/mol. The standard InChI is InChI=1S/C10H8F4O2/c1-2-16-9(15)7-4-3-6(11)5-8(7)10(12,13)14/h3-5H,2H2,1H3. The topological polar surface area (TPSA) is 26.3 Å². The van der Waals surface area contributed by atoms with Gasteiger partial charge in [0, 0.05) is 0 Å². The largest absolute Gasteiger partial charge is 0.462 e. The van der Waals surface area contributed by atoms with E-state index >= 15 is 0 Å². The lowest BCUT2D eigenvalue weighted by Gasteiger charge is -2.11. The van der Waals surface area contributed by atoms with E-state index < -0.39 is 29.1 Å². The first kappa shape index (κ1) is 12.5. The molecule has 6 heteroatoms. The van der Waals surface area contributed by atoms with Crippen molar-refractivity contribution in [1.82, 2.24) is 0 Å². The average Bonchev–Trinajstić information content (AvgIpc) is 2.16. The maximum absolute atomic E-state index is 12.7. The SMILES string of the molecule is CCOC(=O)c1ccc(F)cc1C(F)(F)F. The number of hydrogen-bond acceptors (Lipinski definition) is 2. The Labute approximate surface area is 88.8 Å². The van der Waals surface area contributed by atoms with Gasteiger partial charge in [-0.2, -0.15) is 13.2 Å². The Balaban J connectivity index is 3.23. The van der Waals surface area contributed by atoms with Crippen LogP contribution in [0.5, 0.6) is 0 Å². The first-order valence-electron chi connectivity index (χ1n) is 4.40. The van der Waals surface area contributed by atoms with Crippen molar-refractivity contribution in [3.8, 4) is 0 Å². The van der Waals surface area contributed by atoms with E-state index in [1.54, 1.807) is 0 Å². The van der Waals surface area contributed by atoms with E-state index in [1.165, 1.54) is 6.92 Å². The Morgan fingerprint density at radius 2 is 2.00 bits per heavy atom. The predicted octanol–water partition coefficient (Wildman–Crippen LogP) is 3.02. The van der Waals surface area contributed by atoms with Crippen molar-refractivity contribution in [2.45, 2.75) is 13.1 Å². The summed E-state index contributed by atoms with van der Waals surface area (Å²) in [4.78, 5) is 11.2. The van der Waals surface area contributed by atoms with Crippen LogP contribution in [0.2, 0.25) is 0 Å². The lowest BCUT2D eigenvalue weighted by Crippen LogP contribution is -2.15. The molecule has 0 saturated heterocycles. The van der Waals surface area contributed by atoms with Crippen LogP contribution in [0.15, 0.2) is 18.2 Å². The number of esters is 1. The Morgan fingerprint density at radius 1 is 1.38 bits per heavy atom. The zero-order chi connectivity index (χ0) is 12.3. The van der Waals surface area contributed by atoms with Crippen LogP contribution in [-0.4, -0.2) is 12.6 Å². The Kier molecular flexibility index (Phi) is 3.51. The molecule has 1 aromatic rings. The molecule has 0 aliphatic heterocycles. The van der Waals surface area contributed by atoms with Crippen LogP contribution in [-0.2, 0) is 10.9 Å². The zero-order valence-electron chi connectivity index (χ0n) is 8.27. The van der Waals surface area contributed by atoms with Gasteiger partial charge in [-0.1, -0.05) is 0 Å². The number of benzene rings is 1. The van der Waals surface area contributed by atoms with Crippen LogP contribution in [0.3, 0.4) is 0 Å². The van der Waals surface area contributed by atoms with Crippen molar-refractivity contribution in [3.63, 3.8) is 0 Å². The molecule has 0 atom stereocenters. The molecule has 0 fully saturated rings. The number of carbonyl (C=O) groups is 1. The first-order valence-corrected chi connectivity index (χ1v) is 4.40. The lowest BCUT2D eigenvalue weighted by molar-refractivity contribution is -0.138. The summed E-state index contributed by atoms with van der Waals surface area (Å²) >= 11 is 0. The molecular weight excluding hydrogens is 228 g/mol. The second kappa shape index (κ2) is 4.51. The molecule has 0 aliphatic carbocycles. The molecule has 1 aromatic carbocycles. The molecule has 0 aromatic heterocycles. The summed E-state index contributed by atoms with van der Waals surface area (Å²) in [7, 11) is 0. The van der Waals surface area contributed by atoms with E-state index in [2.05, 4.69) is 4.74 Å². The van der Waals surface area contributed by atoms with Gasteiger partial charge in [0.1, 0.15) is 5.82 Å². The maximum atomic E-state index is 12.7. The quantitative estimate of drug-likeness (QED) is 0.582. The summed E-state index contributed by atoms with van der Waals surface area (Å²) in [5.41, 5.74) is -2.01. The third-order valence-electron chi connectivity index (χ3n) is 1.78. The number of carbonyl (C=O) groups excluding carboxylic acids is 1. The molecule has 2 nitrogen and oxygen atoms in total. The summed E-state index contributed by atoms with van der Waals surface area (Å²) in [5, 5.41) is 0. The minimum atomic E-state index is -4.79. The van der Waals surface area contributed by atoms with Gasteiger partial charge in [-0.15, -0.1) is 0 Å². The van der Waals surface area contributed by atoms with Crippen LogP contribution in [0.1, 0.15) is 22.8 Å². The molecule has 0 amide bonds. The maximum Gasteiger partial charge on any atom is 0.417 e. The molecule has 0 N–H and O–H groups in total. The second-order valence-electron chi connectivity index (χ2n) is 2.91. The van der Waals surface area contributed by atoms with Crippen molar-refractivity contribution in [3.05, 3.63) is 35.1 Å². The lowest BCUT2D eigenvalue weighted by atomic mass is 10.1. The molecule has 0 radical (unpaired) electrons. The van der Waals surface area contributed by atoms with Crippen molar-refractivity contribution in [1.29, 1.82) is 0 Å². The molecule has 0 unspecified atom stereocenters. The molecule has 88 valence electrons. The first-order chi connectivity index (χ1) is 7.36. The van der Waals surface area contributed by atoms with Crippen molar-refractivity contribution in [2.24, 2.45) is 0 Å². The molecule has 0 spiro atoms. The smallest absolute Gasteiger partial charge is 0.417 e. The summed E-state index contributed by atoms with van der Waals surface area (Å²) in [6, 6.07) is 1.81. The third-order valence-corrected chi connectivity index (χ3v) is 1.78. The summed E-state index contributed by atoms with van der Waals surface area (Å²) in [5.74, 6) is -2.17. The Morgan fingerprint density at radius 3 is 2.50 bits per heavy atom. The van der Waals surface area contributed by atoms with E-state index in [9.17, 15) is 22.4 Å². The van der Waals surface area contributed by atoms with Crippen LogP contribution >= 0.6 is 0 Å². The van der Waals surface area contributed by atoms with E-state index in [0.717, 1.165) is 12.1 Å². The molecule has 0 heterocycles. The van der Waals surface area contributed by atoms with Gasteiger partial charge in [-0.3, -0.25) is 0 Å². The second-order valence-corrected chi connectivity index (χ2v) is 2.91. The van der Waals surface area contributed by atoms with Gasteiger partial charge in [-0.05, 0) is 25.1 Å². The average molecular weight is 236 g/mol. The fourth-order valence-electron chi connectivity index (χ4n) is 1.14. The number of ether oxygens (including phenoxy) is 1. The fraction of sp³-hybridized carbons (Fsp3) is 0.300. The van der Waals surface area contributed by atoms with Gasteiger partial charge in [-0.25, -0.2) is 9.18 Å². The van der Waals surface area contributed by atoms with Gasteiger partial charge in [0.25, 0.3) is 0 Å². The minimum Gasteiger partial charge on any atom is -0.462 e. The van der Waals surface area contributed by atoms with E-state index in [-0.39, 0.29) is 12.7 Å². The molecular formula is C10H8F4O2. The number of hydrogen-bond donors (Lipinski definition) is 0. The monoisotopic (exact) mass is 236 g/mol. The number of rotatable bonds is 2. The van der Waals surface area contributed by atoms with Crippen molar-refractivity contribution in [2.75, 3.05) is 6.61 Å². The summed E-state index contributed by atoms with van der Waals surface area (Å²) < 4.78 is 54.5. The molecule has 0 bridgehead atoms. The highest BCUT2D eigenvalue weighted by molar-refractivity contribution is 5.91. The highest BCUT2D eigenvalue weighted by Gasteiger charge is 2.36. The van der Waals surface area contributed by atoms with E-state index in [0.29, 0.717) is 0 Å².